The Morgan fingerprint density at radius 2 is 1.89 bits per heavy atom. The monoisotopic (exact) mass is 242 g/mol. The van der Waals surface area contributed by atoms with E-state index in [2.05, 4.69) is 29.6 Å². The summed E-state index contributed by atoms with van der Waals surface area (Å²) in [5, 5.41) is 5.81. The Morgan fingerprint density at radius 1 is 1.17 bits per heavy atom. The molecule has 1 aliphatic rings. The number of hydrogen-bond donors (Lipinski definition) is 2. The van der Waals surface area contributed by atoms with Crippen LogP contribution in [0.5, 0.6) is 5.75 Å². The van der Waals surface area contributed by atoms with Crippen LogP contribution in [0.4, 0.5) is 5.69 Å². The molecular weight excluding hydrogens is 224 g/mol. The Hall–Kier alpha value is -1.74. The lowest BCUT2D eigenvalue weighted by atomic mass is 10.1. The number of benzene rings is 2. The first-order valence-electron chi connectivity index (χ1n) is 6.29. The lowest BCUT2D eigenvalue weighted by Crippen LogP contribution is -2.30. The maximum atomic E-state index is 6.07. The third-order valence-corrected chi connectivity index (χ3v) is 3.58. The summed E-state index contributed by atoms with van der Waals surface area (Å²) in [6, 6.07) is 12.5. The molecule has 0 aromatic heterocycles. The minimum atomic E-state index is 0.0366. The number of hydrogen-bond acceptors (Lipinski definition) is 3. The summed E-state index contributed by atoms with van der Waals surface area (Å²) < 4.78 is 5.22. The molecule has 2 aromatic rings. The second kappa shape index (κ2) is 4.18. The van der Waals surface area contributed by atoms with Crippen molar-refractivity contribution in [3.05, 3.63) is 36.4 Å². The zero-order chi connectivity index (χ0) is 12.6. The zero-order valence-electron chi connectivity index (χ0n) is 10.6. The zero-order valence-corrected chi connectivity index (χ0v) is 10.6. The molecule has 1 fully saturated rings. The van der Waals surface area contributed by atoms with Gasteiger partial charge in [-0.15, -0.1) is 0 Å². The standard InChI is InChI=1S/C15H18N2O/c1-18-14-5-3-11-8-13(4-2-12(11)9-14)17-10-15(16)6-7-15/h2-5,8-9,17H,6-7,10,16H2,1H3. The summed E-state index contributed by atoms with van der Waals surface area (Å²) >= 11 is 0. The molecule has 0 saturated heterocycles. The van der Waals surface area contributed by atoms with Crippen LogP contribution in [0.25, 0.3) is 10.8 Å². The van der Waals surface area contributed by atoms with Crippen molar-refractivity contribution >= 4 is 16.5 Å². The van der Waals surface area contributed by atoms with E-state index in [-0.39, 0.29) is 5.54 Å². The molecule has 0 heterocycles. The van der Waals surface area contributed by atoms with Gasteiger partial charge in [0.2, 0.25) is 0 Å². The van der Waals surface area contributed by atoms with Crippen LogP contribution < -0.4 is 15.8 Å². The molecule has 0 unspecified atom stereocenters. The van der Waals surface area contributed by atoms with Crippen LogP contribution in [0.1, 0.15) is 12.8 Å². The molecule has 3 N–H and O–H groups in total. The molecular formula is C15H18N2O. The molecule has 18 heavy (non-hydrogen) atoms. The Bertz CT molecular complexity index is 576. The van der Waals surface area contributed by atoms with Crippen LogP contribution >= 0.6 is 0 Å². The van der Waals surface area contributed by atoms with E-state index in [1.54, 1.807) is 7.11 Å². The van der Waals surface area contributed by atoms with Crippen LogP contribution in [-0.2, 0) is 0 Å². The third-order valence-electron chi connectivity index (χ3n) is 3.58. The van der Waals surface area contributed by atoms with E-state index in [1.807, 2.05) is 12.1 Å². The quantitative estimate of drug-likeness (QED) is 0.866. The Balaban J connectivity index is 1.82. The van der Waals surface area contributed by atoms with Gasteiger partial charge in [0.15, 0.2) is 0 Å². The van der Waals surface area contributed by atoms with Crippen LogP contribution in [-0.4, -0.2) is 19.2 Å². The van der Waals surface area contributed by atoms with E-state index in [9.17, 15) is 0 Å². The highest BCUT2D eigenvalue weighted by Gasteiger charge is 2.37. The normalized spacial score (nSPS) is 16.6. The first-order chi connectivity index (χ1) is 8.68. The smallest absolute Gasteiger partial charge is 0.119 e. The molecule has 3 heteroatoms. The number of ether oxygens (including phenoxy) is 1. The Labute approximate surface area is 107 Å². The van der Waals surface area contributed by atoms with Gasteiger partial charge in [0.05, 0.1) is 7.11 Å². The van der Waals surface area contributed by atoms with Gasteiger partial charge in [0, 0.05) is 17.8 Å². The lowest BCUT2D eigenvalue weighted by molar-refractivity contribution is 0.415. The largest absolute Gasteiger partial charge is 0.497 e. The maximum absolute atomic E-state index is 6.07. The van der Waals surface area contributed by atoms with Gasteiger partial charge in [0.25, 0.3) is 0 Å². The van der Waals surface area contributed by atoms with Gasteiger partial charge >= 0.3 is 0 Å². The van der Waals surface area contributed by atoms with Gasteiger partial charge < -0.3 is 15.8 Å². The number of rotatable bonds is 4. The van der Waals surface area contributed by atoms with Gasteiger partial charge in [-0.3, -0.25) is 0 Å². The van der Waals surface area contributed by atoms with Crippen molar-refractivity contribution in [2.45, 2.75) is 18.4 Å². The maximum Gasteiger partial charge on any atom is 0.119 e. The molecule has 0 spiro atoms. The highest BCUT2D eigenvalue weighted by molar-refractivity contribution is 5.86. The summed E-state index contributed by atoms with van der Waals surface area (Å²) in [5.41, 5.74) is 7.23. The molecule has 3 rings (SSSR count). The summed E-state index contributed by atoms with van der Waals surface area (Å²) in [5.74, 6) is 0.891. The molecule has 0 bridgehead atoms. The summed E-state index contributed by atoms with van der Waals surface area (Å²) in [6.07, 6.45) is 2.26. The van der Waals surface area contributed by atoms with Crippen molar-refractivity contribution in [2.24, 2.45) is 5.73 Å². The number of nitrogens with two attached hydrogens (primary N) is 1. The number of anilines is 1. The minimum Gasteiger partial charge on any atom is -0.497 e. The van der Waals surface area contributed by atoms with Crippen LogP contribution in [0.15, 0.2) is 36.4 Å². The summed E-state index contributed by atoms with van der Waals surface area (Å²) in [7, 11) is 1.69. The fourth-order valence-electron chi connectivity index (χ4n) is 2.08. The number of methoxy groups -OCH3 is 1. The van der Waals surface area contributed by atoms with Crippen LogP contribution in [0.3, 0.4) is 0 Å². The Morgan fingerprint density at radius 3 is 2.61 bits per heavy atom. The Kier molecular flexibility index (Phi) is 2.63. The van der Waals surface area contributed by atoms with E-state index in [0.717, 1.165) is 30.8 Å². The average Bonchev–Trinajstić information content (AvgIpc) is 3.14. The molecule has 2 aromatic carbocycles. The number of nitrogens with one attached hydrogen (secondary N) is 1. The highest BCUT2D eigenvalue weighted by atomic mass is 16.5. The van der Waals surface area contributed by atoms with Gasteiger partial charge in [-0.25, -0.2) is 0 Å². The van der Waals surface area contributed by atoms with Crippen molar-refractivity contribution < 1.29 is 4.74 Å². The molecule has 0 aliphatic heterocycles. The van der Waals surface area contributed by atoms with Gasteiger partial charge in [-0.1, -0.05) is 12.1 Å². The van der Waals surface area contributed by atoms with E-state index in [4.69, 9.17) is 10.5 Å². The average molecular weight is 242 g/mol. The van der Waals surface area contributed by atoms with Crippen molar-refractivity contribution in [3.63, 3.8) is 0 Å². The second-order valence-corrected chi connectivity index (χ2v) is 5.14. The van der Waals surface area contributed by atoms with E-state index >= 15 is 0 Å². The molecule has 3 nitrogen and oxygen atoms in total. The third kappa shape index (κ3) is 2.27. The fraction of sp³-hybridized carbons (Fsp3) is 0.333. The lowest BCUT2D eigenvalue weighted by Gasteiger charge is -2.12. The minimum absolute atomic E-state index is 0.0366. The predicted molar refractivity (Wildman–Crippen MR) is 75.1 cm³/mol. The fourth-order valence-corrected chi connectivity index (χ4v) is 2.08. The first-order valence-corrected chi connectivity index (χ1v) is 6.29. The van der Waals surface area contributed by atoms with Crippen molar-refractivity contribution in [2.75, 3.05) is 19.0 Å². The molecule has 1 saturated carbocycles. The van der Waals surface area contributed by atoms with E-state index < -0.39 is 0 Å². The molecule has 0 radical (unpaired) electrons. The number of fused-ring (bicyclic) bond motifs is 1. The van der Waals surface area contributed by atoms with Gasteiger partial charge in [0.1, 0.15) is 5.75 Å². The van der Waals surface area contributed by atoms with Gasteiger partial charge in [-0.05, 0) is 47.9 Å². The summed E-state index contributed by atoms with van der Waals surface area (Å²) in [6.45, 7) is 0.856. The SMILES string of the molecule is COc1ccc2cc(NCC3(N)CC3)ccc2c1. The molecule has 1 aliphatic carbocycles. The van der Waals surface area contributed by atoms with E-state index in [0.29, 0.717) is 0 Å². The van der Waals surface area contributed by atoms with Crippen LogP contribution in [0, 0.1) is 0 Å². The highest BCUT2D eigenvalue weighted by Crippen LogP contribution is 2.32. The van der Waals surface area contributed by atoms with Crippen molar-refractivity contribution in [1.82, 2.24) is 0 Å². The van der Waals surface area contributed by atoms with Gasteiger partial charge in [-0.2, -0.15) is 0 Å². The topological polar surface area (TPSA) is 47.3 Å². The second-order valence-electron chi connectivity index (χ2n) is 5.14. The molecule has 0 atom stereocenters. The van der Waals surface area contributed by atoms with Crippen LogP contribution in [0.2, 0.25) is 0 Å². The molecule has 0 amide bonds. The van der Waals surface area contributed by atoms with Crippen molar-refractivity contribution in [3.8, 4) is 5.75 Å². The van der Waals surface area contributed by atoms with E-state index in [1.165, 1.54) is 10.8 Å². The first kappa shape index (κ1) is 11.4. The summed E-state index contributed by atoms with van der Waals surface area (Å²) in [4.78, 5) is 0. The predicted octanol–water partition coefficient (Wildman–Crippen LogP) is 2.75. The molecule has 94 valence electrons. The van der Waals surface area contributed by atoms with Crippen molar-refractivity contribution in [1.29, 1.82) is 0 Å².